The van der Waals surface area contributed by atoms with E-state index in [0.29, 0.717) is 35.9 Å². The van der Waals surface area contributed by atoms with E-state index in [2.05, 4.69) is 15.5 Å². The number of carbonyl (C=O) groups excluding carboxylic acids is 1. The Kier molecular flexibility index (Phi) is 4.86. The van der Waals surface area contributed by atoms with E-state index in [-0.39, 0.29) is 0 Å². The van der Waals surface area contributed by atoms with Gasteiger partial charge in [-0.05, 0) is 17.7 Å². The molecule has 0 amide bonds. The Morgan fingerprint density at radius 3 is 2.67 bits per heavy atom. The second kappa shape index (κ2) is 7.41. The summed E-state index contributed by atoms with van der Waals surface area (Å²) >= 11 is 0. The van der Waals surface area contributed by atoms with E-state index < -0.39 is 5.97 Å². The molecule has 1 heterocycles. The Morgan fingerprint density at radius 2 is 1.88 bits per heavy atom. The minimum Gasteiger partial charge on any atom is -0.465 e. The summed E-state index contributed by atoms with van der Waals surface area (Å²) in [4.78, 5) is 16.1. The number of nitrogens with one attached hydrogen (secondary N) is 1. The average Bonchev–Trinajstić information content (AvgIpc) is 3.08. The fourth-order valence-corrected chi connectivity index (χ4v) is 2.31. The number of benzene rings is 2. The number of methoxy groups -OCH3 is 1. The first-order valence-electron chi connectivity index (χ1n) is 7.53. The van der Waals surface area contributed by atoms with E-state index in [1.54, 1.807) is 18.2 Å². The van der Waals surface area contributed by atoms with Crippen molar-refractivity contribution >= 4 is 11.7 Å². The Hall–Kier alpha value is -3.15. The molecule has 0 aliphatic heterocycles. The number of hydrogen-bond acceptors (Lipinski definition) is 6. The van der Waals surface area contributed by atoms with Crippen LogP contribution in [0.5, 0.6) is 0 Å². The zero-order valence-electron chi connectivity index (χ0n) is 13.2. The van der Waals surface area contributed by atoms with E-state index in [9.17, 15) is 4.79 Å². The second-order valence-corrected chi connectivity index (χ2v) is 5.16. The van der Waals surface area contributed by atoms with Crippen molar-refractivity contribution in [1.29, 1.82) is 0 Å². The van der Waals surface area contributed by atoms with Gasteiger partial charge in [-0.25, -0.2) is 4.79 Å². The fraction of sp³-hybridized carbons (Fsp3) is 0.167. The molecule has 0 atom stereocenters. The fourth-order valence-electron chi connectivity index (χ4n) is 2.31. The molecule has 2 aromatic carbocycles. The number of hydrogen-bond donors (Lipinski definition) is 1. The SMILES string of the molecule is COC(=O)c1ccccc1NCc1nc(Cc2ccccc2)no1. The molecule has 24 heavy (non-hydrogen) atoms. The molecule has 0 bridgehead atoms. The van der Waals surface area contributed by atoms with Crippen molar-refractivity contribution in [3.63, 3.8) is 0 Å². The summed E-state index contributed by atoms with van der Waals surface area (Å²) in [5.41, 5.74) is 2.24. The molecule has 1 aromatic heterocycles. The van der Waals surface area contributed by atoms with Crippen molar-refractivity contribution in [3.8, 4) is 0 Å². The van der Waals surface area contributed by atoms with Gasteiger partial charge in [0.25, 0.3) is 0 Å². The summed E-state index contributed by atoms with van der Waals surface area (Å²) < 4.78 is 10.0. The van der Waals surface area contributed by atoms with Crippen LogP contribution in [0.1, 0.15) is 27.6 Å². The average molecular weight is 323 g/mol. The Bertz CT molecular complexity index is 815. The van der Waals surface area contributed by atoms with E-state index in [1.165, 1.54) is 7.11 Å². The number of esters is 1. The minimum absolute atomic E-state index is 0.329. The highest BCUT2D eigenvalue weighted by atomic mass is 16.5. The molecular formula is C18H17N3O3. The lowest BCUT2D eigenvalue weighted by atomic mass is 10.1. The van der Waals surface area contributed by atoms with Crippen LogP contribution in [0.4, 0.5) is 5.69 Å². The highest BCUT2D eigenvalue weighted by Crippen LogP contribution is 2.17. The van der Waals surface area contributed by atoms with Crippen LogP contribution in [0, 0.1) is 0 Å². The number of nitrogens with zero attached hydrogens (tertiary/aromatic N) is 2. The molecule has 0 fully saturated rings. The minimum atomic E-state index is -0.395. The van der Waals surface area contributed by atoms with Crippen LogP contribution in [-0.2, 0) is 17.7 Å². The summed E-state index contributed by atoms with van der Waals surface area (Å²) in [6.45, 7) is 0.329. The summed E-state index contributed by atoms with van der Waals surface area (Å²) in [6.07, 6.45) is 0.614. The molecule has 6 heteroatoms. The van der Waals surface area contributed by atoms with E-state index in [1.807, 2.05) is 36.4 Å². The lowest BCUT2D eigenvalue weighted by Crippen LogP contribution is -2.08. The Labute approximate surface area is 139 Å². The highest BCUT2D eigenvalue weighted by molar-refractivity contribution is 5.95. The van der Waals surface area contributed by atoms with Crippen molar-refractivity contribution in [2.24, 2.45) is 0 Å². The largest absolute Gasteiger partial charge is 0.465 e. The first-order chi connectivity index (χ1) is 11.8. The number of aromatic nitrogens is 2. The van der Waals surface area contributed by atoms with Crippen molar-refractivity contribution in [3.05, 3.63) is 77.4 Å². The maximum Gasteiger partial charge on any atom is 0.339 e. The van der Waals surface area contributed by atoms with Crippen molar-refractivity contribution < 1.29 is 14.1 Å². The number of ether oxygens (including phenoxy) is 1. The number of para-hydroxylation sites is 1. The molecule has 0 unspecified atom stereocenters. The molecule has 3 rings (SSSR count). The molecule has 6 nitrogen and oxygen atoms in total. The monoisotopic (exact) mass is 323 g/mol. The molecule has 122 valence electrons. The Morgan fingerprint density at radius 1 is 1.12 bits per heavy atom. The van der Waals surface area contributed by atoms with Gasteiger partial charge in [0, 0.05) is 12.1 Å². The molecular weight excluding hydrogens is 306 g/mol. The van der Waals surface area contributed by atoms with Gasteiger partial charge in [0.05, 0.1) is 19.2 Å². The summed E-state index contributed by atoms with van der Waals surface area (Å²) in [7, 11) is 1.35. The molecule has 0 spiro atoms. The van der Waals surface area contributed by atoms with Crippen molar-refractivity contribution in [1.82, 2.24) is 10.1 Å². The van der Waals surface area contributed by atoms with Gasteiger partial charge < -0.3 is 14.6 Å². The van der Waals surface area contributed by atoms with Crippen LogP contribution in [0.25, 0.3) is 0 Å². The Balaban J connectivity index is 1.65. The van der Waals surface area contributed by atoms with Crippen molar-refractivity contribution in [2.45, 2.75) is 13.0 Å². The van der Waals surface area contributed by atoms with Gasteiger partial charge in [-0.15, -0.1) is 0 Å². The number of carbonyl (C=O) groups is 1. The van der Waals surface area contributed by atoms with Gasteiger partial charge in [0.1, 0.15) is 0 Å². The maximum atomic E-state index is 11.7. The molecule has 0 saturated heterocycles. The molecule has 0 radical (unpaired) electrons. The first-order valence-corrected chi connectivity index (χ1v) is 7.53. The van der Waals surface area contributed by atoms with Gasteiger partial charge in [-0.1, -0.05) is 47.6 Å². The third kappa shape index (κ3) is 3.78. The summed E-state index contributed by atoms with van der Waals surface area (Å²) in [5, 5.41) is 7.10. The third-order valence-corrected chi connectivity index (χ3v) is 3.48. The molecule has 0 saturated carbocycles. The van der Waals surface area contributed by atoms with Crippen LogP contribution in [0.15, 0.2) is 59.1 Å². The van der Waals surface area contributed by atoms with Gasteiger partial charge in [0.15, 0.2) is 5.82 Å². The third-order valence-electron chi connectivity index (χ3n) is 3.48. The smallest absolute Gasteiger partial charge is 0.339 e. The number of anilines is 1. The predicted molar refractivity (Wildman–Crippen MR) is 88.7 cm³/mol. The van der Waals surface area contributed by atoms with Crippen molar-refractivity contribution in [2.75, 3.05) is 12.4 Å². The summed E-state index contributed by atoms with van der Waals surface area (Å²) in [6, 6.07) is 17.1. The first kappa shape index (κ1) is 15.7. The van der Waals surface area contributed by atoms with Crippen LogP contribution in [0.3, 0.4) is 0 Å². The van der Waals surface area contributed by atoms with Crippen LogP contribution >= 0.6 is 0 Å². The van der Waals surface area contributed by atoms with E-state index in [4.69, 9.17) is 9.26 Å². The lowest BCUT2D eigenvalue weighted by molar-refractivity contribution is 0.0602. The molecule has 3 aromatic rings. The van der Waals surface area contributed by atoms with Gasteiger partial charge in [-0.3, -0.25) is 0 Å². The number of rotatable bonds is 6. The highest BCUT2D eigenvalue weighted by Gasteiger charge is 2.12. The predicted octanol–water partition coefficient (Wildman–Crippen LogP) is 3.06. The van der Waals surface area contributed by atoms with Gasteiger partial charge in [0.2, 0.25) is 5.89 Å². The zero-order chi connectivity index (χ0) is 16.8. The van der Waals surface area contributed by atoms with Crippen LogP contribution in [-0.4, -0.2) is 23.2 Å². The van der Waals surface area contributed by atoms with Gasteiger partial charge >= 0.3 is 5.97 Å². The maximum absolute atomic E-state index is 11.7. The van der Waals surface area contributed by atoms with Gasteiger partial charge in [-0.2, -0.15) is 4.98 Å². The normalized spacial score (nSPS) is 10.4. The summed E-state index contributed by atoms with van der Waals surface area (Å²) in [5.74, 6) is 0.688. The zero-order valence-corrected chi connectivity index (χ0v) is 13.2. The van der Waals surface area contributed by atoms with Crippen LogP contribution < -0.4 is 5.32 Å². The van der Waals surface area contributed by atoms with E-state index >= 15 is 0 Å². The van der Waals surface area contributed by atoms with E-state index in [0.717, 1.165) is 5.56 Å². The van der Waals surface area contributed by atoms with Crippen LogP contribution in [0.2, 0.25) is 0 Å². The molecule has 0 aliphatic carbocycles. The topological polar surface area (TPSA) is 77.2 Å². The quantitative estimate of drug-likeness (QED) is 0.703. The lowest BCUT2D eigenvalue weighted by Gasteiger charge is -2.08. The molecule has 1 N–H and O–H groups in total. The standard InChI is InChI=1S/C18H17N3O3/c1-23-18(22)14-9-5-6-10-15(14)19-12-17-20-16(21-24-17)11-13-7-3-2-4-8-13/h2-10,19H,11-12H2,1H3. The molecule has 0 aliphatic rings. The second-order valence-electron chi connectivity index (χ2n) is 5.16.